The van der Waals surface area contributed by atoms with E-state index < -0.39 is 23.2 Å². The zero-order valence-electron chi connectivity index (χ0n) is 12.6. The summed E-state index contributed by atoms with van der Waals surface area (Å²) in [5, 5.41) is 6.87. The summed E-state index contributed by atoms with van der Waals surface area (Å²) in [5.74, 6) is -0.301. The van der Waals surface area contributed by atoms with Gasteiger partial charge in [-0.05, 0) is 24.6 Å². The number of rotatable bonds is 0. The maximum atomic E-state index is 13.1. The van der Waals surface area contributed by atoms with Crippen molar-refractivity contribution in [2.45, 2.75) is 24.6 Å². The molecule has 4 rings (SSSR count). The minimum absolute atomic E-state index is 0.0842. The monoisotopic (exact) mass is 335 g/mol. The standard InChI is InChI=1S/C15H12F3N5O/c1-19-12-8-2-3-9(15(16,17)18)21-11(8)14(13(24)22-12)5-7-23-10(14)4-6-20-23/h2-4,6H,5,7H2,1H3,(H,19,22,24). The number of fused-ring (bicyclic) bond motifs is 4. The molecule has 4 heterocycles. The lowest BCUT2D eigenvalue weighted by Gasteiger charge is -2.31. The summed E-state index contributed by atoms with van der Waals surface area (Å²) in [6.07, 6.45) is -2.78. The van der Waals surface area contributed by atoms with Crippen molar-refractivity contribution in [3.05, 3.63) is 47.0 Å². The summed E-state index contributed by atoms with van der Waals surface area (Å²) in [6.45, 7) is 0.426. The van der Waals surface area contributed by atoms with Gasteiger partial charge in [0.25, 0.3) is 5.91 Å². The van der Waals surface area contributed by atoms with E-state index in [4.69, 9.17) is 0 Å². The second-order valence-electron chi connectivity index (χ2n) is 5.70. The van der Waals surface area contributed by atoms with Gasteiger partial charge in [0.15, 0.2) is 0 Å². The fraction of sp³-hybridized carbons (Fsp3) is 0.333. The van der Waals surface area contributed by atoms with Crippen LogP contribution >= 0.6 is 0 Å². The van der Waals surface area contributed by atoms with Gasteiger partial charge in [-0.3, -0.25) is 9.48 Å². The quantitative estimate of drug-likeness (QED) is 0.792. The highest BCUT2D eigenvalue weighted by Crippen LogP contribution is 2.45. The molecule has 0 fully saturated rings. The van der Waals surface area contributed by atoms with Crippen LogP contribution in [0.25, 0.3) is 0 Å². The number of hydrogen-bond donors (Lipinski definition) is 1. The Labute approximate surface area is 134 Å². The number of aliphatic imine (C=N–C) groups is 1. The molecule has 2 aliphatic heterocycles. The van der Waals surface area contributed by atoms with E-state index in [1.165, 1.54) is 12.3 Å². The van der Waals surface area contributed by atoms with Crippen molar-refractivity contribution in [2.75, 3.05) is 7.05 Å². The zero-order valence-corrected chi connectivity index (χ0v) is 12.6. The summed E-state index contributed by atoms with van der Waals surface area (Å²) in [4.78, 5) is 20.7. The van der Waals surface area contributed by atoms with Crippen LogP contribution in [0.15, 0.2) is 29.4 Å². The average Bonchev–Trinajstić information content (AvgIpc) is 3.13. The second-order valence-corrected chi connectivity index (χ2v) is 5.70. The molecular weight excluding hydrogens is 323 g/mol. The molecule has 9 heteroatoms. The van der Waals surface area contributed by atoms with Gasteiger partial charge in [0.05, 0.1) is 11.4 Å². The van der Waals surface area contributed by atoms with Crippen molar-refractivity contribution in [1.82, 2.24) is 20.1 Å². The molecule has 0 radical (unpaired) electrons. The molecule has 2 aliphatic rings. The maximum absolute atomic E-state index is 13.1. The molecule has 0 aliphatic carbocycles. The van der Waals surface area contributed by atoms with Crippen LogP contribution < -0.4 is 5.32 Å². The Balaban J connectivity index is 2.03. The molecule has 1 unspecified atom stereocenters. The number of aromatic nitrogens is 3. The molecule has 1 N–H and O–H groups in total. The van der Waals surface area contributed by atoms with Crippen LogP contribution in [0.3, 0.4) is 0 Å². The van der Waals surface area contributed by atoms with Crippen LogP contribution in [0.4, 0.5) is 13.2 Å². The Morgan fingerprint density at radius 1 is 1.29 bits per heavy atom. The summed E-state index contributed by atoms with van der Waals surface area (Å²) < 4.78 is 41.0. The van der Waals surface area contributed by atoms with Crippen molar-refractivity contribution < 1.29 is 18.0 Å². The van der Waals surface area contributed by atoms with Gasteiger partial charge in [-0.25, -0.2) is 4.98 Å². The van der Waals surface area contributed by atoms with Crippen LogP contribution in [0.1, 0.15) is 29.1 Å². The fourth-order valence-electron chi connectivity index (χ4n) is 3.41. The van der Waals surface area contributed by atoms with Crippen LogP contribution in [-0.4, -0.2) is 33.6 Å². The molecule has 1 spiro atoms. The second kappa shape index (κ2) is 4.65. The first kappa shape index (κ1) is 14.9. The first-order valence-corrected chi connectivity index (χ1v) is 7.30. The van der Waals surface area contributed by atoms with Crippen LogP contribution in [0, 0.1) is 0 Å². The van der Waals surface area contributed by atoms with Gasteiger partial charge in [0.2, 0.25) is 0 Å². The van der Waals surface area contributed by atoms with Gasteiger partial charge in [-0.2, -0.15) is 23.3 Å². The minimum atomic E-state index is -4.59. The van der Waals surface area contributed by atoms with Crippen molar-refractivity contribution in [3.63, 3.8) is 0 Å². The number of alkyl halides is 3. The lowest BCUT2D eigenvalue weighted by atomic mass is 9.75. The molecule has 124 valence electrons. The van der Waals surface area contributed by atoms with E-state index in [0.29, 0.717) is 17.8 Å². The minimum Gasteiger partial charge on any atom is -0.372 e. The number of carbonyl (C=O) groups excluding carboxylic acids is 1. The van der Waals surface area contributed by atoms with E-state index in [9.17, 15) is 18.0 Å². The van der Waals surface area contributed by atoms with E-state index >= 15 is 0 Å². The van der Waals surface area contributed by atoms with Gasteiger partial charge in [0.1, 0.15) is 16.9 Å². The third kappa shape index (κ3) is 1.78. The number of pyridine rings is 1. The number of aryl methyl sites for hydroxylation is 1. The highest BCUT2D eigenvalue weighted by atomic mass is 19.4. The lowest BCUT2D eigenvalue weighted by molar-refractivity contribution is -0.141. The number of hydrogen-bond acceptors (Lipinski definition) is 4. The molecule has 2 aromatic heterocycles. The fourth-order valence-corrected chi connectivity index (χ4v) is 3.41. The molecule has 24 heavy (non-hydrogen) atoms. The Morgan fingerprint density at radius 3 is 2.79 bits per heavy atom. The number of nitrogens with one attached hydrogen (secondary N) is 1. The molecule has 0 bridgehead atoms. The normalized spacial score (nSPS) is 22.3. The summed E-state index contributed by atoms with van der Waals surface area (Å²) >= 11 is 0. The molecule has 0 aromatic carbocycles. The Hall–Kier alpha value is -2.71. The van der Waals surface area contributed by atoms with Crippen LogP contribution in [0.5, 0.6) is 0 Å². The third-order valence-electron chi connectivity index (χ3n) is 4.51. The summed E-state index contributed by atoms with van der Waals surface area (Å²) in [7, 11) is 1.56. The number of amides is 1. The zero-order chi connectivity index (χ0) is 17.1. The number of halogens is 3. The molecule has 6 nitrogen and oxygen atoms in total. The summed E-state index contributed by atoms with van der Waals surface area (Å²) in [6, 6.07) is 3.85. The highest BCUT2D eigenvalue weighted by Gasteiger charge is 2.53. The van der Waals surface area contributed by atoms with Gasteiger partial charge >= 0.3 is 6.18 Å². The van der Waals surface area contributed by atoms with Gasteiger partial charge in [-0.1, -0.05) is 0 Å². The number of carbonyl (C=O) groups is 1. The van der Waals surface area contributed by atoms with Crippen molar-refractivity contribution >= 4 is 11.7 Å². The van der Waals surface area contributed by atoms with E-state index in [2.05, 4.69) is 20.4 Å². The number of amidine groups is 1. The Morgan fingerprint density at radius 2 is 2.08 bits per heavy atom. The lowest BCUT2D eigenvalue weighted by Crippen LogP contribution is -2.43. The Kier molecular flexibility index (Phi) is 2.88. The molecule has 1 atom stereocenters. The van der Waals surface area contributed by atoms with Gasteiger partial charge in [-0.15, -0.1) is 0 Å². The van der Waals surface area contributed by atoms with Crippen molar-refractivity contribution in [1.29, 1.82) is 0 Å². The SMILES string of the molecule is CNC1=NC(=O)C2(CCn3nccc32)c2nc(C(F)(F)F)ccc21. The van der Waals surface area contributed by atoms with Gasteiger partial charge in [0, 0.05) is 25.4 Å². The first-order chi connectivity index (χ1) is 11.4. The van der Waals surface area contributed by atoms with Crippen molar-refractivity contribution in [3.8, 4) is 0 Å². The van der Waals surface area contributed by atoms with Crippen LogP contribution in [-0.2, 0) is 22.9 Å². The molecule has 0 saturated heterocycles. The first-order valence-electron chi connectivity index (χ1n) is 7.30. The molecule has 0 saturated carbocycles. The van der Waals surface area contributed by atoms with E-state index in [0.717, 1.165) is 6.07 Å². The highest BCUT2D eigenvalue weighted by molar-refractivity contribution is 6.13. The largest absolute Gasteiger partial charge is 0.433 e. The predicted octanol–water partition coefficient (Wildman–Crippen LogP) is 1.49. The smallest absolute Gasteiger partial charge is 0.372 e. The topological polar surface area (TPSA) is 72.2 Å². The number of nitrogens with zero attached hydrogens (tertiary/aromatic N) is 4. The molecular formula is C15H12F3N5O. The van der Waals surface area contributed by atoms with Crippen LogP contribution in [0.2, 0.25) is 0 Å². The van der Waals surface area contributed by atoms with Gasteiger partial charge < -0.3 is 5.32 Å². The third-order valence-corrected chi connectivity index (χ3v) is 4.51. The molecule has 1 amide bonds. The maximum Gasteiger partial charge on any atom is 0.433 e. The average molecular weight is 335 g/mol. The summed E-state index contributed by atoms with van der Waals surface area (Å²) in [5.41, 5.74) is -1.32. The van der Waals surface area contributed by atoms with E-state index in [1.807, 2.05) is 0 Å². The van der Waals surface area contributed by atoms with E-state index in [-0.39, 0.29) is 18.0 Å². The van der Waals surface area contributed by atoms with Crippen molar-refractivity contribution in [2.24, 2.45) is 4.99 Å². The molecule has 2 aromatic rings. The van der Waals surface area contributed by atoms with E-state index in [1.54, 1.807) is 17.8 Å². The predicted molar refractivity (Wildman–Crippen MR) is 77.5 cm³/mol. The Bertz CT molecular complexity index is 885.